The van der Waals surface area contributed by atoms with Crippen molar-refractivity contribution in [2.45, 2.75) is 12.6 Å². The summed E-state index contributed by atoms with van der Waals surface area (Å²) in [5.41, 5.74) is 8.73. The predicted molar refractivity (Wildman–Crippen MR) is 124 cm³/mol. The number of carbonyl (C=O) groups excluding carboxylic acids is 1. The van der Waals surface area contributed by atoms with Crippen LogP contribution in [0.25, 0.3) is 32.6 Å². The lowest BCUT2D eigenvalue weighted by atomic mass is 9.99. The second kappa shape index (κ2) is 7.51. The second-order valence-electron chi connectivity index (χ2n) is 7.77. The van der Waals surface area contributed by atoms with Gasteiger partial charge in [0.15, 0.2) is 6.10 Å². The molecule has 0 saturated heterocycles. The van der Waals surface area contributed by atoms with E-state index < -0.39 is 18.0 Å². The molecule has 1 amide bonds. The molecule has 1 unspecified atom stereocenters. The van der Waals surface area contributed by atoms with Crippen molar-refractivity contribution in [2.24, 2.45) is 5.73 Å². The lowest BCUT2D eigenvalue weighted by Crippen LogP contribution is -2.12. The highest BCUT2D eigenvalue weighted by Crippen LogP contribution is 2.37. The number of nitrogens with zero attached hydrogens (tertiary/aromatic N) is 1. The van der Waals surface area contributed by atoms with Crippen molar-refractivity contribution in [3.05, 3.63) is 95.6 Å². The van der Waals surface area contributed by atoms with Gasteiger partial charge in [-0.3, -0.25) is 4.79 Å². The molecule has 5 aromatic rings. The zero-order chi connectivity index (χ0) is 22.4. The monoisotopic (exact) mass is 424 g/mol. The molecule has 158 valence electrons. The molecular formula is C26H20N2O4. The SMILES string of the molecule is NC(=O)c1cccc2c1c1c(C(O)C(=O)O)cccc1n2Cc1cccc2ccccc12. The van der Waals surface area contributed by atoms with Crippen molar-refractivity contribution in [3.8, 4) is 0 Å². The summed E-state index contributed by atoms with van der Waals surface area (Å²) in [6.45, 7) is 0.496. The van der Waals surface area contributed by atoms with Gasteiger partial charge in [-0.2, -0.15) is 0 Å². The van der Waals surface area contributed by atoms with Gasteiger partial charge in [0, 0.05) is 34.0 Å². The molecule has 0 aliphatic carbocycles. The minimum atomic E-state index is -1.73. The minimum absolute atomic E-state index is 0.227. The smallest absolute Gasteiger partial charge is 0.337 e. The summed E-state index contributed by atoms with van der Waals surface area (Å²) in [5, 5.41) is 23.2. The largest absolute Gasteiger partial charge is 0.479 e. The minimum Gasteiger partial charge on any atom is -0.479 e. The fraction of sp³-hybridized carbons (Fsp3) is 0.0769. The molecular weight excluding hydrogens is 404 g/mol. The maximum absolute atomic E-state index is 12.3. The van der Waals surface area contributed by atoms with Gasteiger partial charge in [-0.25, -0.2) is 4.79 Å². The Morgan fingerprint density at radius 2 is 1.50 bits per heavy atom. The van der Waals surface area contributed by atoms with E-state index in [1.54, 1.807) is 24.3 Å². The summed E-state index contributed by atoms with van der Waals surface area (Å²) in [6, 6.07) is 24.6. The second-order valence-corrected chi connectivity index (χ2v) is 7.77. The lowest BCUT2D eigenvalue weighted by Gasteiger charge is -2.12. The molecule has 0 bridgehead atoms. The fourth-order valence-electron chi connectivity index (χ4n) is 4.55. The average Bonchev–Trinajstić information content (AvgIpc) is 3.12. The van der Waals surface area contributed by atoms with Gasteiger partial charge in [-0.15, -0.1) is 0 Å². The van der Waals surface area contributed by atoms with Crippen LogP contribution in [0.2, 0.25) is 0 Å². The molecule has 32 heavy (non-hydrogen) atoms. The molecule has 0 spiro atoms. The normalized spacial score (nSPS) is 12.4. The van der Waals surface area contributed by atoms with Crippen molar-refractivity contribution in [3.63, 3.8) is 0 Å². The molecule has 1 aromatic heterocycles. The number of aliphatic hydroxyl groups is 1. The van der Waals surface area contributed by atoms with Crippen LogP contribution in [0.3, 0.4) is 0 Å². The van der Waals surface area contributed by atoms with E-state index in [1.165, 1.54) is 0 Å². The first-order valence-corrected chi connectivity index (χ1v) is 10.2. The van der Waals surface area contributed by atoms with Crippen LogP contribution in [0, 0.1) is 0 Å². The third-order valence-electron chi connectivity index (χ3n) is 5.95. The maximum atomic E-state index is 12.3. The molecule has 1 heterocycles. The third kappa shape index (κ3) is 3.01. The van der Waals surface area contributed by atoms with Crippen molar-refractivity contribution in [1.29, 1.82) is 0 Å². The molecule has 1 atom stereocenters. The number of primary amides is 1. The topological polar surface area (TPSA) is 106 Å². The first-order valence-electron chi connectivity index (χ1n) is 10.2. The van der Waals surface area contributed by atoms with Crippen LogP contribution in [0.5, 0.6) is 0 Å². The molecule has 0 aliphatic heterocycles. The summed E-state index contributed by atoms with van der Waals surface area (Å²) in [4.78, 5) is 23.8. The number of hydrogen-bond donors (Lipinski definition) is 3. The predicted octanol–water partition coefficient (Wildman–Crippen LogP) is 4.21. The third-order valence-corrected chi connectivity index (χ3v) is 5.95. The van der Waals surface area contributed by atoms with Crippen LogP contribution in [0.1, 0.15) is 27.6 Å². The van der Waals surface area contributed by atoms with Crippen molar-refractivity contribution >= 4 is 44.5 Å². The Hall–Kier alpha value is -4.16. The van der Waals surface area contributed by atoms with Gasteiger partial charge in [-0.1, -0.05) is 60.7 Å². The molecule has 4 N–H and O–H groups in total. The Kier molecular flexibility index (Phi) is 4.64. The Balaban J connectivity index is 1.87. The number of nitrogens with two attached hydrogens (primary N) is 1. The van der Waals surface area contributed by atoms with Gasteiger partial charge in [0.05, 0.1) is 5.52 Å². The van der Waals surface area contributed by atoms with E-state index in [9.17, 15) is 19.8 Å². The number of aromatic nitrogens is 1. The highest BCUT2D eigenvalue weighted by atomic mass is 16.4. The van der Waals surface area contributed by atoms with E-state index in [-0.39, 0.29) is 11.1 Å². The fourth-order valence-corrected chi connectivity index (χ4v) is 4.55. The lowest BCUT2D eigenvalue weighted by molar-refractivity contribution is -0.146. The van der Waals surface area contributed by atoms with Gasteiger partial charge in [0.25, 0.3) is 0 Å². The average molecular weight is 424 g/mol. The summed E-state index contributed by atoms with van der Waals surface area (Å²) >= 11 is 0. The Labute approximate surface area is 183 Å². The molecule has 4 aromatic carbocycles. The van der Waals surface area contributed by atoms with Gasteiger partial charge in [-0.05, 0) is 34.5 Å². The number of rotatable bonds is 5. The van der Waals surface area contributed by atoms with Gasteiger partial charge in [0.2, 0.25) is 5.91 Å². The van der Waals surface area contributed by atoms with E-state index in [2.05, 4.69) is 18.2 Å². The Morgan fingerprint density at radius 3 is 2.25 bits per heavy atom. The molecule has 0 saturated carbocycles. The summed E-state index contributed by atoms with van der Waals surface area (Å²) in [6.07, 6.45) is -1.73. The number of aliphatic carboxylic acids is 1. The van der Waals surface area contributed by atoms with E-state index in [0.29, 0.717) is 17.3 Å². The first-order chi connectivity index (χ1) is 15.5. The van der Waals surface area contributed by atoms with Crippen LogP contribution in [0.15, 0.2) is 78.9 Å². The molecule has 6 nitrogen and oxygen atoms in total. The van der Waals surface area contributed by atoms with Gasteiger partial charge < -0.3 is 20.5 Å². The number of benzene rings is 4. The van der Waals surface area contributed by atoms with Gasteiger partial charge >= 0.3 is 5.97 Å². The highest BCUT2D eigenvalue weighted by Gasteiger charge is 2.24. The van der Waals surface area contributed by atoms with E-state index in [1.807, 2.05) is 41.0 Å². The summed E-state index contributed by atoms with van der Waals surface area (Å²) in [7, 11) is 0. The van der Waals surface area contributed by atoms with Crippen LogP contribution in [-0.4, -0.2) is 26.7 Å². The zero-order valence-electron chi connectivity index (χ0n) is 17.0. The van der Waals surface area contributed by atoms with E-state index in [0.717, 1.165) is 27.4 Å². The number of carboxylic acids is 1. The molecule has 0 radical (unpaired) electrons. The number of hydrogen-bond acceptors (Lipinski definition) is 3. The Morgan fingerprint density at radius 1 is 0.844 bits per heavy atom. The van der Waals surface area contributed by atoms with E-state index >= 15 is 0 Å². The maximum Gasteiger partial charge on any atom is 0.337 e. The number of carboxylic acid groups (broad SMARTS) is 1. The molecule has 5 rings (SSSR count). The molecule has 0 aliphatic rings. The van der Waals surface area contributed by atoms with Crippen LogP contribution < -0.4 is 5.73 Å². The Bertz CT molecular complexity index is 1530. The van der Waals surface area contributed by atoms with Crippen molar-refractivity contribution < 1.29 is 19.8 Å². The van der Waals surface area contributed by atoms with Crippen LogP contribution >= 0.6 is 0 Å². The summed E-state index contributed by atoms with van der Waals surface area (Å²) in [5.74, 6) is -1.97. The number of aliphatic hydroxyl groups excluding tert-OH is 1. The summed E-state index contributed by atoms with van der Waals surface area (Å²) < 4.78 is 2.04. The number of carbonyl (C=O) groups is 2. The molecule has 0 fully saturated rings. The molecule has 6 heteroatoms. The van der Waals surface area contributed by atoms with Crippen molar-refractivity contribution in [2.75, 3.05) is 0 Å². The number of fused-ring (bicyclic) bond motifs is 4. The number of amides is 1. The van der Waals surface area contributed by atoms with Crippen LogP contribution in [0.4, 0.5) is 0 Å². The standard InChI is InChI=1S/C26H20N2O4/c27-25(30)19-11-5-13-21-23(19)22-18(24(29)26(31)32)10-4-12-20(22)28(21)14-16-8-3-7-15-6-1-2-9-17(15)16/h1-13,24,29H,14H2,(H2,27,30)(H,31,32). The van der Waals surface area contributed by atoms with Gasteiger partial charge in [0.1, 0.15) is 0 Å². The quantitative estimate of drug-likeness (QED) is 0.393. The van der Waals surface area contributed by atoms with Crippen molar-refractivity contribution in [1.82, 2.24) is 4.57 Å². The zero-order valence-corrected chi connectivity index (χ0v) is 17.0. The highest BCUT2D eigenvalue weighted by molar-refractivity contribution is 6.19. The van der Waals surface area contributed by atoms with E-state index in [4.69, 9.17) is 5.73 Å². The first kappa shape index (κ1) is 19.8. The van der Waals surface area contributed by atoms with Crippen LogP contribution in [-0.2, 0) is 11.3 Å².